The maximum atomic E-state index is 12.9. The van der Waals surface area contributed by atoms with E-state index in [9.17, 15) is 18.0 Å². The number of carbonyl (C=O) groups is 1. The minimum atomic E-state index is -4.48. The van der Waals surface area contributed by atoms with Crippen molar-refractivity contribution in [3.63, 3.8) is 0 Å². The molecule has 1 fully saturated rings. The normalized spacial score (nSPS) is 14.9. The lowest BCUT2D eigenvalue weighted by Gasteiger charge is -2.35. The van der Waals surface area contributed by atoms with E-state index in [0.29, 0.717) is 26.2 Å². The van der Waals surface area contributed by atoms with Gasteiger partial charge in [0, 0.05) is 51.5 Å². The van der Waals surface area contributed by atoms with Gasteiger partial charge in [0.2, 0.25) is 5.91 Å². The van der Waals surface area contributed by atoms with Crippen LogP contribution in [-0.2, 0) is 11.0 Å². The molecule has 3 heterocycles. The van der Waals surface area contributed by atoms with Gasteiger partial charge in [0.05, 0.1) is 5.56 Å². The second kappa shape index (κ2) is 8.24. The molecule has 2 aromatic rings. The van der Waals surface area contributed by atoms with Gasteiger partial charge in [-0.25, -0.2) is 9.97 Å². The second-order valence-electron chi connectivity index (χ2n) is 6.13. The van der Waals surface area contributed by atoms with Crippen LogP contribution >= 0.6 is 0 Å². The lowest BCUT2D eigenvalue weighted by Crippen LogP contribution is -2.49. The zero-order valence-corrected chi connectivity index (χ0v) is 14.6. The molecule has 0 bridgehead atoms. The highest BCUT2D eigenvalue weighted by atomic mass is 19.4. The summed E-state index contributed by atoms with van der Waals surface area (Å²) in [4.78, 5) is 24.2. The molecular formula is C18H20F3N5O. The fraction of sp³-hybridized carbons (Fsp3) is 0.389. The molecule has 9 heteroatoms. The summed E-state index contributed by atoms with van der Waals surface area (Å²) in [7, 11) is 0. The van der Waals surface area contributed by atoms with Gasteiger partial charge in [0.15, 0.2) is 0 Å². The highest BCUT2D eigenvalue weighted by Crippen LogP contribution is 2.33. The van der Waals surface area contributed by atoms with Crippen molar-refractivity contribution < 1.29 is 18.0 Å². The third-order valence-electron chi connectivity index (χ3n) is 4.35. The number of aromatic nitrogens is 2. The quantitative estimate of drug-likeness (QED) is 0.866. The van der Waals surface area contributed by atoms with Crippen LogP contribution in [0.2, 0.25) is 0 Å². The molecule has 144 valence electrons. The van der Waals surface area contributed by atoms with Crippen molar-refractivity contribution in [2.75, 3.05) is 42.9 Å². The Bertz CT molecular complexity index is 761. The van der Waals surface area contributed by atoms with Gasteiger partial charge in [-0.15, -0.1) is 0 Å². The standard InChI is InChI=1S/C18H20F3N5O/c19-18(20,21)14-4-3-8-23-17(14)24-9-6-16(27)26-12-10-25(11-13-26)15-5-1-2-7-22-15/h1-5,7-8H,6,9-13H2,(H,23,24). The van der Waals surface area contributed by atoms with Crippen molar-refractivity contribution in [2.24, 2.45) is 0 Å². The summed E-state index contributed by atoms with van der Waals surface area (Å²) in [5.74, 6) is 0.534. The molecule has 0 aromatic carbocycles. The van der Waals surface area contributed by atoms with E-state index >= 15 is 0 Å². The Morgan fingerprint density at radius 2 is 1.78 bits per heavy atom. The van der Waals surface area contributed by atoms with Crippen LogP contribution in [0, 0.1) is 0 Å². The second-order valence-corrected chi connectivity index (χ2v) is 6.13. The average Bonchev–Trinajstić information content (AvgIpc) is 2.68. The first-order chi connectivity index (χ1) is 12.9. The third kappa shape index (κ3) is 4.87. The number of hydrogen-bond donors (Lipinski definition) is 1. The summed E-state index contributed by atoms with van der Waals surface area (Å²) in [6.07, 6.45) is -1.36. The zero-order chi connectivity index (χ0) is 19.3. The summed E-state index contributed by atoms with van der Waals surface area (Å²) >= 11 is 0. The van der Waals surface area contributed by atoms with E-state index < -0.39 is 11.7 Å². The fourth-order valence-corrected chi connectivity index (χ4v) is 2.95. The molecule has 6 nitrogen and oxygen atoms in total. The summed E-state index contributed by atoms with van der Waals surface area (Å²) in [6.45, 7) is 2.57. The first-order valence-electron chi connectivity index (χ1n) is 8.65. The van der Waals surface area contributed by atoms with Gasteiger partial charge in [-0.05, 0) is 24.3 Å². The smallest absolute Gasteiger partial charge is 0.369 e. The van der Waals surface area contributed by atoms with Crippen LogP contribution in [0.25, 0.3) is 0 Å². The number of amides is 1. The van der Waals surface area contributed by atoms with E-state index in [-0.39, 0.29) is 24.7 Å². The van der Waals surface area contributed by atoms with Crippen molar-refractivity contribution in [1.29, 1.82) is 0 Å². The fourth-order valence-electron chi connectivity index (χ4n) is 2.95. The van der Waals surface area contributed by atoms with E-state index in [1.807, 2.05) is 18.2 Å². The molecule has 0 radical (unpaired) electrons. The Kier molecular flexibility index (Phi) is 5.78. The largest absolute Gasteiger partial charge is 0.419 e. The topological polar surface area (TPSA) is 61.4 Å². The highest BCUT2D eigenvalue weighted by molar-refractivity contribution is 5.77. The number of nitrogens with zero attached hydrogens (tertiary/aromatic N) is 4. The SMILES string of the molecule is O=C(CCNc1ncccc1C(F)(F)F)N1CCN(c2ccccn2)CC1. The predicted octanol–water partition coefficient (Wildman–Crippen LogP) is 2.65. The highest BCUT2D eigenvalue weighted by Gasteiger charge is 2.34. The van der Waals surface area contributed by atoms with Crippen LogP contribution in [0.4, 0.5) is 24.8 Å². The van der Waals surface area contributed by atoms with E-state index in [1.54, 1.807) is 11.1 Å². The zero-order valence-electron chi connectivity index (χ0n) is 14.6. The number of rotatable bonds is 5. The number of nitrogens with one attached hydrogen (secondary N) is 1. The molecule has 1 aliphatic rings. The molecule has 0 atom stereocenters. The Balaban J connectivity index is 1.47. The first kappa shape index (κ1) is 18.9. The third-order valence-corrected chi connectivity index (χ3v) is 4.35. The number of carbonyl (C=O) groups excluding carboxylic acids is 1. The molecule has 0 unspecified atom stereocenters. The molecule has 1 saturated heterocycles. The van der Waals surface area contributed by atoms with Gasteiger partial charge < -0.3 is 15.1 Å². The molecule has 0 aliphatic carbocycles. The minimum absolute atomic E-state index is 0.0901. The molecule has 0 spiro atoms. The number of hydrogen-bond acceptors (Lipinski definition) is 5. The molecule has 1 amide bonds. The summed E-state index contributed by atoms with van der Waals surface area (Å²) in [5, 5.41) is 2.63. The Morgan fingerprint density at radius 1 is 1.04 bits per heavy atom. The van der Waals surface area contributed by atoms with Crippen molar-refractivity contribution >= 4 is 17.5 Å². The van der Waals surface area contributed by atoms with Gasteiger partial charge in [0.25, 0.3) is 0 Å². The molecule has 0 saturated carbocycles. The van der Waals surface area contributed by atoms with Crippen LogP contribution in [0.5, 0.6) is 0 Å². The Morgan fingerprint density at radius 3 is 2.44 bits per heavy atom. The summed E-state index contributed by atoms with van der Waals surface area (Å²) in [6, 6.07) is 7.89. The first-order valence-corrected chi connectivity index (χ1v) is 8.65. The van der Waals surface area contributed by atoms with Crippen LogP contribution in [0.15, 0.2) is 42.7 Å². The van der Waals surface area contributed by atoms with Crippen molar-refractivity contribution in [1.82, 2.24) is 14.9 Å². The number of anilines is 2. The van der Waals surface area contributed by atoms with E-state index in [1.165, 1.54) is 12.3 Å². The minimum Gasteiger partial charge on any atom is -0.369 e. The number of alkyl halides is 3. The van der Waals surface area contributed by atoms with Crippen LogP contribution in [-0.4, -0.2) is 53.5 Å². The molecule has 3 rings (SSSR count). The Hall–Kier alpha value is -2.84. The van der Waals surface area contributed by atoms with Crippen molar-refractivity contribution in [3.8, 4) is 0 Å². The number of piperazine rings is 1. The lowest BCUT2D eigenvalue weighted by atomic mass is 10.2. The van der Waals surface area contributed by atoms with Crippen molar-refractivity contribution in [3.05, 3.63) is 48.3 Å². The predicted molar refractivity (Wildman–Crippen MR) is 95.4 cm³/mol. The monoisotopic (exact) mass is 379 g/mol. The van der Waals surface area contributed by atoms with Gasteiger partial charge >= 0.3 is 6.18 Å². The van der Waals surface area contributed by atoms with Crippen molar-refractivity contribution in [2.45, 2.75) is 12.6 Å². The average molecular weight is 379 g/mol. The van der Waals surface area contributed by atoms with E-state index in [4.69, 9.17) is 0 Å². The molecular weight excluding hydrogens is 359 g/mol. The molecule has 1 N–H and O–H groups in total. The molecule has 2 aromatic heterocycles. The maximum absolute atomic E-state index is 12.9. The lowest BCUT2D eigenvalue weighted by molar-refractivity contribution is -0.137. The van der Waals surface area contributed by atoms with E-state index in [0.717, 1.165) is 11.9 Å². The van der Waals surface area contributed by atoms with Crippen LogP contribution < -0.4 is 10.2 Å². The number of pyridine rings is 2. The van der Waals surface area contributed by atoms with Gasteiger partial charge in [-0.3, -0.25) is 4.79 Å². The summed E-state index contributed by atoms with van der Waals surface area (Å²) < 4.78 is 38.8. The number of halogens is 3. The van der Waals surface area contributed by atoms with Crippen LogP contribution in [0.3, 0.4) is 0 Å². The van der Waals surface area contributed by atoms with E-state index in [2.05, 4.69) is 20.2 Å². The Labute approximate surface area is 155 Å². The van der Waals surface area contributed by atoms with Gasteiger partial charge in [-0.2, -0.15) is 13.2 Å². The molecule has 27 heavy (non-hydrogen) atoms. The molecule has 1 aliphatic heterocycles. The van der Waals surface area contributed by atoms with Gasteiger partial charge in [0.1, 0.15) is 11.6 Å². The van der Waals surface area contributed by atoms with Gasteiger partial charge in [-0.1, -0.05) is 6.07 Å². The summed E-state index contributed by atoms with van der Waals surface area (Å²) in [5.41, 5.74) is -0.832. The van der Waals surface area contributed by atoms with Crippen LogP contribution in [0.1, 0.15) is 12.0 Å². The maximum Gasteiger partial charge on any atom is 0.419 e.